The lowest BCUT2D eigenvalue weighted by Gasteiger charge is -2.04. The van der Waals surface area contributed by atoms with E-state index in [1.807, 2.05) is 0 Å². The molecule has 0 spiro atoms. The highest BCUT2D eigenvalue weighted by molar-refractivity contribution is 6.39. The van der Waals surface area contributed by atoms with Gasteiger partial charge in [0.05, 0.1) is 13.2 Å². The number of esters is 2. The van der Waals surface area contributed by atoms with Crippen LogP contribution in [0.1, 0.15) is 25.0 Å². The smallest absolute Gasteiger partial charge is 0.379 e. The Hall–Kier alpha value is -3.42. The summed E-state index contributed by atoms with van der Waals surface area (Å²) in [5.41, 5.74) is 0.381. The molecule has 0 radical (unpaired) electrons. The average molecular weight is 362 g/mol. The lowest BCUT2D eigenvalue weighted by molar-refractivity contribution is -0.151. The van der Waals surface area contributed by atoms with Crippen LogP contribution in [0, 0.1) is 0 Å². The first-order chi connectivity index (χ1) is 12.3. The van der Waals surface area contributed by atoms with Gasteiger partial charge in [0.2, 0.25) is 0 Å². The van der Waals surface area contributed by atoms with Crippen LogP contribution in [0.4, 0.5) is 0 Å². The molecule has 1 aromatic rings. The van der Waals surface area contributed by atoms with E-state index in [1.54, 1.807) is 13.8 Å². The summed E-state index contributed by atoms with van der Waals surface area (Å²) in [4.78, 5) is 45.4. The van der Waals surface area contributed by atoms with E-state index in [-0.39, 0.29) is 24.3 Å². The molecule has 138 valence electrons. The monoisotopic (exact) mass is 362 g/mol. The zero-order valence-corrected chi connectivity index (χ0v) is 14.2. The van der Waals surface area contributed by atoms with Crippen LogP contribution in [-0.4, -0.2) is 46.9 Å². The number of aliphatic hydroxyl groups excluding tert-OH is 2. The van der Waals surface area contributed by atoms with Crippen LogP contribution in [0.15, 0.2) is 36.4 Å². The van der Waals surface area contributed by atoms with Crippen molar-refractivity contribution in [3.05, 3.63) is 47.5 Å². The van der Waals surface area contributed by atoms with Crippen LogP contribution in [0.3, 0.4) is 0 Å². The predicted octanol–water partition coefficient (Wildman–Crippen LogP) is 1.75. The number of carbonyl (C=O) groups is 4. The fraction of sp³-hybridized carbons (Fsp3) is 0.222. The molecule has 0 aromatic heterocycles. The van der Waals surface area contributed by atoms with Gasteiger partial charge in [-0.15, -0.1) is 0 Å². The standard InChI is InChI=1S/C18H18O8/c1-3-25-17(23)15(21)9-13(19)11-5-7-12(8-6-11)14(20)10-16(22)18(24)26-4-2/h5-10,19-20H,3-4H2,1-2H3/b13-9-,14-10-. The molecule has 0 saturated carbocycles. The van der Waals surface area contributed by atoms with Crippen molar-refractivity contribution in [1.29, 1.82) is 0 Å². The molecule has 0 bridgehead atoms. The molecular formula is C18H18O8. The number of ketones is 2. The Morgan fingerprint density at radius 1 is 0.769 bits per heavy atom. The fourth-order valence-corrected chi connectivity index (χ4v) is 1.75. The molecule has 0 aliphatic heterocycles. The highest BCUT2D eigenvalue weighted by atomic mass is 16.5. The molecule has 8 heteroatoms. The first-order valence-electron chi connectivity index (χ1n) is 7.64. The van der Waals surface area contributed by atoms with Crippen LogP contribution in [0.25, 0.3) is 11.5 Å². The predicted molar refractivity (Wildman–Crippen MR) is 90.9 cm³/mol. The second-order valence-electron chi connectivity index (χ2n) is 4.81. The number of ether oxygens (including phenoxy) is 2. The first-order valence-corrected chi connectivity index (χ1v) is 7.64. The molecule has 0 heterocycles. The van der Waals surface area contributed by atoms with E-state index in [4.69, 9.17) is 0 Å². The molecular weight excluding hydrogens is 344 g/mol. The fourth-order valence-electron chi connectivity index (χ4n) is 1.75. The first kappa shape index (κ1) is 20.6. The van der Waals surface area contributed by atoms with E-state index in [1.165, 1.54) is 24.3 Å². The minimum Gasteiger partial charge on any atom is -0.507 e. The van der Waals surface area contributed by atoms with E-state index in [0.29, 0.717) is 12.2 Å². The third-order valence-electron chi connectivity index (χ3n) is 2.97. The van der Waals surface area contributed by atoms with Crippen molar-refractivity contribution in [3.63, 3.8) is 0 Å². The maximum absolute atomic E-state index is 11.5. The molecule has 0 saturated heterocycles. The van der Waals surface area contributed by atoms with Gasteiger partial charge in [-0.05, 0) is 13.8 Å². The molecule has 8 nitrogen and oxygen atoms in total. The van der Waals surface area contributed by atoms with Gasteiger partial charge in [-0.1, -0.05) is 24.3 Å². The lowest BCUT2D eigenvalue weighted by Crippen LogP contribution is -2.15. The number of aliphatic hydroxyl groups is 2. The zero-order chi connectivity index (χ0) is 19.7. The normalized spacial score (nSPS) is 11.6. The van der Waals surface area contributed by atoms with Gasteiger partial charge in [0.15, 0.2) is 0 Å². The number of rotatable bonds is 8. The highest BCUT2D eigenvalue weighted by Gasteiger charge is 2.15. The zero-order valence-electron chi connectivity index (χ0n) is 14.2. The molecule has 0 aliphatic rings. The van der Waals surface area contributed by atoms with Crippen LogP contribution in [0.2, 0.25) is 0 Å². The van der Waals surface area contributed by atoms with Crippen molar-refractivity contribution in [1.82, 2.24) is 0 Å². The van der Waals surface area contributed by atoms with Crippen molar-refractivity contribution >= 4 is 35.0 Å². The largest absolute Gasteiger partial charge is 0.507 e. The number of carbonyl (C=O) groups excluding carboxylic acids is 4. The average Bonchev–Trinajstić information content (AvgIpc) is 2.62. The molecule has 1 aromatic carbocycles. The van der Waals surface area contributed by atoms with Crippen LogP contribution in [-0.2, 0) is 28.7 Å². The highest BCUT2D eigenvalue weighted by Crippen LogP contribution is 2.17. The quantitative estimate of drug-likeness (QED) is 0.310. The molecule has 0 atom stereocenters. The minimum atomic E-state index is -1.09. The SMILES string of the molecule is CCOC(=O)C(=O)/C=C(\O)c1ccc(/C(O)=C/C(=O)C(=O)OCC)cc1. The maximum atomic E-state index is 11.5. The van der Waals surface area contributed by atoms with E-state index in [0.717, 1.165) is 0 Å². The number of hydrogen-bond donors (Lipinski definition) is 2. The van der Waals surface area contributed by atoms with E-state index in [9.17, 15) is 29.4 Å². The Labute approximate surface area is 149 Å². The minimum absolute atomic E-state index is 0.0317. The van der Waals surface area contributed by atoms with Crippen molar-refractivity contribution in [2.24, 2.45) is 0 Å². The summed E-state index contributed by atoms with van der Waals surface area (Å²) in [6.07, 6.45) is 1.43. The molecule has 2 N–H and O–H groups in total. The molecule has 26 heavy (non-hydrogen) atoms. The van der Waals surface area contributed by atoms with Crippen molar-refractivity contribution in [3.8, 4) is 0 Å². The molecule has 1 rings (SSSR count). The van der Waals surface area contributed by atoms with E-state index >= 15 is 0 Å². The Bertz CT molecular complexity index is 691. The van der Waals surface area contributed by atoms with Crippen molar-refractivity contribution in [2.45, 2.75) is 13.8 Å². The third kappa shape index (κ3) is 5.90. The van der Waals surface area contributed by atoms with Gasteiger partial charge in [-0.25, -0.2) is 9.59 Å². The van der Waals surface area contributed by atoms with Crippen LogP contribution >= 0.6 is 0 Å². The summed E-state index contributed by atoms with van der Waals surface area (Å²) in [5, 5.41) is 19.7. The summed E-state index contributed by atoms with van der Waals surface area (Å²) in [5.74, 6) is -5.16. The van der Waals surface area contributed by atoms with Gasteiger partial charge in [0, 0.05) is 23.3 Å². The third-order valence-corrected chi connectivity index (χ3v) is 2.97. The topological polar surface area (TPSA) is 127 Å². The summed E-state index contributed by atoms with van der Waals surface area (Å²) < 4.78 is 9.02. The van der Waals surface area contributed by atoms with Crippen LogP contribution in [0.5, 0.6) is 0 Å². The second kappa shape index (κ2) is 9.77. The van der Waals surface area contributed by atoms with Gasteiger partial charge in [-0.2, -0.15) is 0 Å². The van der Waals surface area contributed by atoms with Crippen LogP contribution < -0.4 is 0 Å². The number of hydrogen-bond acceptors (Lipinski definition) is 8. The van der Waals surface area contributed by atoms with Gasteiger partial charge in [-0.3, -0.25) is 9.59 Å². The summed E-state index contributed by atoms with van der Waals surface area (Å²) in [6, 6.07) is 5.38. The number of benzene rings is 1. The second-order valence-corrected chi connectivity index (χ2v) is 4.81. The van der Waals surface area contributed by atoms with Gasteiger partial charge in [0.1, 0.15) is 11.5 Å². The molecule has 0 fully saturated rings. The van der Waals surface area contributed by atoms with Gasteiger partial charge in [0.25, 0.3) is 11.6 Å². The Morgan fingerprint density at radius 3 is 1.35 bits per heavy atom. The Morgan fingerprint density at radius 2 is 1.08 bits per heavy atom. The maximum Gasteiger partial charge on any atom is 0.379 e. The molecule has 0 unspecified atom stereocenters. The van der Waals surface area contributed by atoms with Gasteiger partial charge >= 0.3 is 11.9 Å². The Kier molecular flexibility index (Phi) is 7.75. The molecule has 0 aliphatic carbocycles. The molecule has 0 amide bonds. The van der Waals surface area contributed by atoms with Gasteiger partial charge < -0.3 is 19.7 Å². The Balaban J connectivity index is 2.91. The summed E-state index contributed by atoms with van der Waals surface area (Å²) >= 11 is 0. The van der Waals surface area contributed by atoms with Crippen molar-refractivity contribution < 1.29 is 38.9 Å². The van der Waals surface area contributed by atoms with E-state index < -0.39 is 35.0 Å². The van der Waals surface area contributed by atoms with E-state index in [2.05, 4.69) is 9.47 Å². The summed E-state index contributed by atoms with van der Waals surface area (Å²) in [7, 11) is 0. The van der Waals surface area contributed by atoms with Crippen molar-refractivity contribution in [2.75, 3.05) is 13.2 Å². The lowest BCUT2D eigenvalue weighted by atomic mass is 10.1. The summed E-state index contributed by atoms with van der Waals surface area (Å²) in [6.45, 7) is 3.15.